The molecule has 9 nitrogen and oxygen atoms in total. The lowest BCUT2D eigenvalue weighted by molar-refractivity contribution is -0.118. The molecule has 1 aliphatic heterocycles. The Kier molecular flexibility index (Phi) is 9.26. The fraction of sp³-hybridized carbons (Fsp3) is 0.889. The largest absolute Gasteiger partial charge is 0.381 e. The Balaban J connectivity index is 1.66. The predicted molar refractivity (Wildman–Crippen MR) is 104 cm³/mol. The van der Waals surface area contributed by atoms with Gasteiger partial charge in [-0.15, -0.1) is 0 Å². The Morgan fingerprint density at radius 3 is 2.48 bits per heavy atom. The number of amides is 3. The van der Waals surface area contributed by atoms with Crippen LogP contribution in [-0.2, 0) is 9.53 Å². The van der Waals surface area contributed by atoms with Gasteiger partial charge < -0.3 is 26.0 Å². The van der Waals surface area contributed by atoms with Crippen molar-refractivity contribution in [3.8, 4) is 0 Å². The molecule has 3 unspecified atom stereocenters. The maximum absolute atomic E-state index is 12.3. The molecule has 0 bridgehead atoms. The van der Waals surface area contributed by atoms with Crippen molar-refractivity contribution in [3.63, 3.8) is 0 Å². The van der Waals surface area contributed by atoms with Gasteiger partial charge in [-0.1, -0.05) is 0 Å². The van der Waals surface area contributed by atoms with Crippen LogP contribution in [0.4, 0.5) is 4.79 Å². The van der Waals surface area contributed by atoms with Gasteiger partial charge in [0.05, 0.1) is 12.3 Å². The number of hydrogen-bond acceptors (Lipinski definition) is 6. The first-order valence-electron chi connectivity index (χ1n) is 10.1. The van der Waals surface area contributed by atoms with Gasteiger partial charge in [0.2, 0.25) is 5.91 Å². The van der Waals surface area contributed by atoms with Gasteiger partial charge in [-0.25, -0.2) is 4.79 Å². The van der Waals surface area contributed by atoms with E-state index in [-0.39, 0.29) is 36.5 Å². The Hall–Kier alpha value is -1.42. The highest BCUT2D eigenvalue weighted by Gasteiger charge is 2.27. The molecule has 3 atom stereocenters. The van der Waals surface area contributed by atoms with Crippen molar-refractivity contribution in [1.29, 1.82) is 0 Å². The molecule has 0 radical (unpaired) electrons. The smallest absolute Gasteiger partial charge is 0.317 e. The van der Waals surface area contributed by atoms with E-state index in [1.165, 1.54) is 6.92 Å². The first-order chi connectivity index (χ1) is 13.0. The van der Waals surface area contributed by atoms with E-state index in [1.54, 1.807) is 7.11 Å². The van der Waals surface area contributed by atoms with Gasteiger partial charge in [0.15, 0.2) is 0 Å². The monoisotopic (exact) mass is 384 g/mol. The van der Waals surface area contributed by atoms with Crippen LogP contribution < -0.4 is 31.9 Å². The lowest BCUT2D eigenvalue weighted by atomic mass is 9.93. The summed E-state index contributed by atoms with van der Waals surface area (Å²) in [6.45, 7) is 5.09. The van der Waals surface area contributed by atoms with E-state index >= 15 is 0 Å². The normalized spacial score (nSPS) is 31.1. The van der Waals surface area contributed by atoms with E-state index in [9.17, 15) is 9.59 Å². The summed E-state index contributed by atoms with van der Waals surface area (Å²) < 4.78 is 5.37. The quantitative estimate of drug-likeness (QED) is 0.327. The van der Waals surface area contributed by atoms with Crippen LogP contribution in [0.15, 0.2) is 0 Å². The molecule has 27 heavy (non-hydrogen) atoms. The SMILES string of the molecule is COC1CCC(NC(=O)NC2NC(C)CC(NCCCNC(C)=O)N2)CC1. The van der Waals surface area contributed by atoms with Gasteiger partial charge in [0.25, 0.3) is 0 Å². The molecule has 0 aromatic rings. The fourth-order valence-corrected chi connectivity index (χ4v) is 3.68. The second-order valence-electron chi connectivity index (χ2n) is 7.57. The molecule has 0 aromatic heterocycles. The van der Waals surface area contributed by atoms with Crippen molar-refractivity contribution in [1.82, 2.24) is 31.9 Å². The van der Waals surface area contributed by atoms with Crippen molar-refractivity contribution in [2.75, 3.05) is 20.2 Å². The van der Waals surface area contributed by atoms with Gasteiger partial charge in [-0.05, 0) is 52.0 Å². The minimum atomic E-state index is -0.281. The standard InChI is InChI=1S/C18H36N6O3/c1-12-11-16(20-10-4-9-19-13(2)25)23-17(21-12)24-18(26)22-14-5-7-15(27-3)8-6-14/h12,14-17,20-21,23H,4-11H2,1-3H3,(H,19,25)(H2,22,24,26). The molecule has 2 fully saturated rings. The summed E-state index contributed by atoms with van der Waals surface area (Å²) in [6, 6.07) is 0.334. The average molecular weight is 385 g/mol. The molecular formula is C18H36N6O3. The molecule has 6 N–H and O–H groups in total. The number of carbonyl (C=O) groups is 2. The van der Waals surface area contributed by atoms with Crippen LogP contribution in [-0.4, -0.2) is 62.8 Å². The number of carbonyl (C=O) groups excluding carboxylic acids is 2. The molecular weight excluding hydrogens is 348 g/mol. The minimum absolute atomic E-state index is 0.00500. The maximum Gasteiger partial charge on any atom is 0.317 e. The Morgan fingerprint density at radius 2 is 1.81 bits per heavy atom. The van der Waals surface area contributed by atoms with E-state index in [2.05, 4.69) is 38.8 Å². The fourth-order valence-electron chi connectivity index (χ4n) is 3.68. The highest BCUT2D eigenvalue weighted by Crippen LogP contribution is 2.20. The van der Waals surface area contributed by atoms with Crippen molar-refractivity contribution >= 4 is 11.9 Å². The van der Waals surface area contributed by atoms with Crippen LogP contribution in [0.2, 0.25) is 0 Å². The van der Waals surface area contributed by atoms with Crippen LogP contribution in [0.3, 0.4) is 0 Å². The zero-order chi connectivity index (χ0) is 19.6. The van der Waals surface area contributed by atoms with Crippen molar-refractivity contribution < 1.29 is 14.3 Å². The minimum Gasteiger partial charge on any atom is -0.381 e. The first-order valence-corrected chi connectivity index (χ1v) is 10.1. The average Bonchev–Trinajstić information content (AvgIpc) is 2.61. The van der Waals surface area contributed by atoms with Gasteiger partial charge in [-0.2, -0.15) is 0 Å². The molecule has 3 amide bonds. The van der Waals surface area contributed by atoms with E-state index in [4.69, 9.17) is 4.74 Å². The summed E-state index contributed by atoms with van der Waals surface area (Å²) in [4.78, 5) is 23.2. The summed E-state index contributed by atoms with van der Waals surface area (Å²) in [7, 11) is 1.75. The zero-order valence-corrected chi connectivity index (χ0v) is 16.8. The molecule has 2 rings (SSSR count). The van der Waals surface area contributed by atoms with E-state index in [0.717, 1.165) is 45.1 Å². The summed E-state index contributed by atoms with van der Waals surface area (Å²) in [5, 5.41) is 19.0. The molecule has 1 heterocycles. The molecule has 9 heteroatoms. The number of rotatable bonds is 8. The van der Waals surface area contributed by atoms with E-state index in [0.29, 0.717) is 12.6 Å². The van der Waals surface area contributed by atoms with Crippen molar-refractivity contribution in [3.05, 3.63) is 0 Å². The number of methoxy groups -OCH3 is 1. The van der Waals surface area contributed by atoms with Crippen LogP contribution in [0.1, 0.15) is 52.4 Å². The molecule has 156 valence electrons. The number of hydrogen-bond donors (Lipinski definition) is 6. The molecule has 0 aromatic carbocycles. The lowest BCUT2D eigenvalue weighted by Crippen LogP contribution is -2.68. The topological polar surface area (TPSA) is 116 Å². The number of urea groups is 1. The third-order valence-corrected chi connectivity index (χ3v) is 5.14. The summed E-state index contributed by atoms with van der Waals surface area (Å²) in [6.07, 6.45) is 5.82. The number of ether oxygens (including phenoxy) is 1. The van der Waals surface area contributed by atoms with E-state index < -0.39 is 0 Å². The second kappa shape index (κ2) is 11.4. The first kappa shape index (κ1) is 21.9. The van der Waals surface area contributed by atoms with E-state index in [1.807, 2.05) is 0 Å². The Morgan fingerprint density at radius 1 is 1.07 bits per heavy atom. The predicted octanol–water partition coefficient (Wildman–Crippen LogP) is -0.0599. The van der Waals surface area contributed by atoms with Crippen molar-refractivity contribution in [2.24, 2.45) is 0 Å². The zero-order valence-electron chi connectivity index (χ0n) is 16.8. The highest BCUT2D eigenvalue weighted by molar-refractivity contribution is 5.74. The van der Waals surface area contributed by atoms with Gasteiger partial charge in [0.1, 0.15) is 6.29 Å². The van der Waals surface area contributed by atoms with Crippen LogP contribution in [0, 0.1) is 0 Å². The molecule has 1 aliphatic carbocycles. The Labute approximate surface area is 162 Å². The third-order valence-electron chi connectivity index (χ3n) is 5.14. The second-order valence-corrected chi connectivity index (χ2v) is 7.57. The number of nitrogens with one attached hydrogen (secondary N) is 6. The van der Waals surface area contributed by atoms with Crippen LogP contribution in [0.5, 0.6) is 0 Å². The van der Waals surface area contributed by atoms with Crippen LogP contribution in [0.25, 0.3) is 0 Å². The van der Waals surface area contributed by atoms with Gasteiger partial charge >= 0.3 is 6.03 Å². The van der Waals surface area contributed by atoms with Crippen LogP contribution >= 0.6 is 0 Å². The third kappa shape index (κ3) is 8.42. The summed E-state index contributed by atoms with van der Waals surface area (Å²) in [5.74, 6) is -0.00500. The molecule has 1 saturated carbocycles. The Bertz CT molecular complexity index is 470. The maximum atomic E-state index is 12.3. The van der Waals surface area contributed by atoms with Gasteiger partial charge in [-0.3, -0.25) is 15.4 Å². The lowest BCUT2D eigenvalue weighted by Gasteiger charge is -2.37. The molecule has 2 aliphatic rings. The molecule has 1 saturated heterocycles. The van der Waals surface area contributed by atoms with Gasteiger partial charge in [0, 0.05) is 32.7 Å². The molecule has 0 spiro atoms. The summed E-state index contributed by atoms with van der Waals surface area (Å²) in [5.41, 5.74) is 0. The summed E-state index contributed by atoms with van der Waals surface area (Å²) >= 11 is 0. The van der Waals surface area contributed by atoms with Crippen molar-refractivity contribution in [2.45, 2.75) is 83.0 Å². The highest BCUT2D eigenvalue weighted by atomic mass is 16.5.